The third-order valence-corrected chi connectivity index (χ3v) is 7.09. The van der Waals surface area contributed by atoms with E-state index in [4.69, 9.17) is 0 Å². The Morgan fingerprint density at radius 1 is 0.633 bits per heavy atom. The molecule has 170 valence electrons. The molecule has 0 nitrogen and oxygen atoms in total. The van der Waals surface area contributed by atoms with E-state index in [9.17, 15) is 0 Å². The molecule has 0 bridgehead atoms. The molecular weight excluding hydrogens is 360 g/mol. The molecule has 0 radical (unpaired) electrons. The van der Waals surface area contributed by atoms with Crippen molar-refractivity contribution in [3.8, 4) is 0 Å². The average Bonchev–Trinajstić information content (AvgIpc) is 3.13. The largest absolute Gasteiger partial charge is 0.0856 e. The lowest BCUT2D eigenvalue weighted by molar-refractivity contribution is 0.464. The highest BCUT2D eigenvalue weighted by Crippen LogP contribution is 2.62. The molecule has 3 atom stereocenters. The van der Waals surface area contributed by atoms with E-state index in [2.05, 4.69) is 92.7 Å². The quantitative estimate of drug-likeness (QED) is 0.265. The van der Waals surface area contributed by atoms with Crippen LogP contribution in [0.25, 0.3) is 0 Å². The van der Waals surface area contributed by atoms with Gasteiger partial charge in [0.15, 0.2) is 0 Å². The van der Waals surface area contributed by atoms with E-state index in [1.165, 1.54) is 68.1 Å². The first-order chi connectivity index (χ1) is 14.1. The van der Waals surface area contributed by atoms with Gasteiger partial charge in [0.25, 0.3) is 0 Å². The Balaban J connectivity index is 2.41. The van der Waals surface area contributed by atoms with Crippen molar-refractivity contribution >= 4 is 0 Å². The summed E-state index contributed by atoms with van der Waals surface area (Å²) in [5, 5.41) is 0. The van der Waals surface area contributed by atoms with Crippen LogP contribution < -0.4 is 0 Å². The van der Waals surface area contributed by atoms with Gasteiger partial charge >= 0.3 is 0 Å². The standard InChI is InChI=1S/C30H50/c1-23(2)14-10-16-25(5)18-12-19-27(7)22-29-28(8)30(29,9)21-13-20-26(6)17-11-15-24(3)4/h14-15,18,20,22,28-29H,10-13,16-17,19,21H2,1-9H3. The minimum atomic E-state index is 0.508. The third-order valence-electron chi connectivity index (χ3n) is 7.09. The molecule has 0 spiro atoms. The highest BCUT2D eigenvalue weighted by Gasteiger charge is 2.55. The van der Waals surface area contributed by atoms with E-state index < -0.39 is 0 Å². The predicted octanol–water partition coefficient (Wildman–Crippen LogP) is 10.2. The lowest BCUT2D eigenvalue weighted by Gasteiger charge is -2.10. The van der Waals surface area contributed by atoms with Crippen LogP contribution in [-0.4, -0.2) is 0 Å². The summed E-state index contributed by atoms with van der Waals surface area (Å²) in [6.07, 6.45) is 22.0. The summed E-state index contributed by atoms with van der Waals surface area (Å²) in [5.41, 5.74) is 8.04. The molecule has 1 aliphatic rings. The molecule has 1 rings (SSSR count). The molecule has 1 fully saturated rings. The molecule has 0 aliphatic heterocycles. The van der Waals surface area contributed by atoms with Gasteiger partial charge in [-0.1, -0.05) is 72.1 Å². The van der Waals surface area contributed by atoms with Gasteiger partial charge in [-0.25, -0.2) is 0 Å². The van der Waals surface area contributed by atoms with E-state index in [1.54, 1.807) is 11.1 Å². The lowest BCUT2D eigenvalue weighted by Crippen LogP contribution is -1.98. The summed E-state index contributed by atoms with van der Waals surface area (Å²) in [4.78, 5) is 0. The van der Waals surface area contributed by atoms with Crippen LogP contribution in [0, 0.1) is 17.3 Å². The van der Waals surface area contributed by atoms with Crippen molar-refractivity contribution in [2.75, 3.05) is 0 Å². The first-order valence-electron chi connectivity index (χ1n) is 12.3. The smallest absolute Gasteiger partial charge is 0.0143 e. The molecule has 0 heterocycles. The van der Waals surface area contributed by atoms with Gasteiger partial charge in [-0.3, -0.25) is 0 Å². The van der Waals surface area contributed by atoms with Crippen LogP contribution in [0.15, 0.2) is 58.2 Å². The summed E-state index contributed by atoms with van der Waals surface area (Å²) >= 11 is 0. The Kier molecular flexibility index (Phi) is 11.7. The minimum Gasteiger partial charge on any atom is -0.0856 e. The van der Waals surface area contributed by atoms with E-state index in [1.807, 2.05) is 0 Å². The predicted molar refractivity (Wildman–Crippen MR) is 138 cm³/mol. The number of allylic oxidation sites excluding steroid dienone is 10. The third kappa shape index (κ3) is 10.1. The van der Waals surface area contributed by atoms with Gasteiger partial charge in [-0.2, -0.15) is 0 Å². The topological polar surface area (TPSA) is 0 Å². The summed E-state index contributed by atoms with van der Waals surface area (Å²) in [6.45, 7) is 20.6. The number of hydrogen-bond donors (Lipinski definition) is 0. The normalized spacial score (nSPS) is 24.6. The van der Waals surface area contributed by atoms with Gasteiger partial charge in [0.05, 0.1) is 0 Å². The van der Waals surface area contributed by atoms with E-state index in [0.717, 1.165) is 11.8 Å². The fourth-order valence-electron chi connectivity index (χ4n) is 4.51. The second-order valence-electron chi connectivity index (χ2n) is 10.7. The van der Waals surface area contributed by atoms with E-state index in [-0.39, 0.29) is 0 Å². The van der Waals surface area contributed by atoms with Crippen LogP contribution in [0.2, 0.25) is 0 Å². The maximum atomic E-state index is 2.60. The zero-order chi connectivity index (χ0) is 22.7. The Hall–Kier alpha value is -1.30. The van der Waals surface area contributed by atoms with Crippen LogP contribution >= 0.6 is 0 Å². The fraction of sp³-hybridized carbons (Fsp3) is 0.667. The zero-order valence-corrected chi connectivity index (χ0v) is 21.7. The summed E-state index contributed by atoms with van der Waals surface area (Å²) in [5.74, 6) is 1.60. The van der Waals surface area contributed by atoms with Crippen molar-refractivity contribution in [1.29, 1.82) is 0 Å². The van der Waals surface area contributed by atoms with E-state index in [0.29, 0.717) is 5.41 Å². The molecule has 0 aromatic rings. The van der Waals surface area contributed by atoms with Crippen LogP contribution in [-0.2, 0) is 0 Å². The fourth-order valence-corrected chi connectivity index (χ4v) is 4.51. The highest BCUT2D eigenvalue weighted by atomic mass is 14.6. The maximum Gasteiger partial charge on any atom is -0.0143 e. The highest BCUT2D eigenvalue weighted by molar-refractivity contribution is 5.19. The molecule has 3 unspecified atom stereocenters. The Labute approximate surface area is 189 Å². The molecule has 0 aromatic heterocycles. The van der Waals surface area contributed by atoms with E-state index >= 15 is 0 Å². The van der Waals surface area contributed by atoms with Crippen LogP contribution in [0.5, 0.6) is 0 Å². The molecule has 0 saturated heterocycles. The number of hydrogen-bond acceptors (Lipinski definition) is 0. The van der Waals surface area contributed by atoms with Gasteiger partial charge in [0, 0.05) is 0 Å². The van der Waals surface area contributed by atoms with Crippen molar-refractivity contribution in [3.63, 3.8) is 0 Å². The van der Waals surface area contributed by atoms with Gasteiger partial charge in [-0.05, 0) is 117 Å². The Bertz CT molecular complexity index is 671. The lowest BCUT2D eigenvalue weighted by atomic mass is 9.96. The summed E-state index contributed by atoms with van der Waals surface area (Å²) in [7, 11) is 0. The monoisotopic (exact) mass is 410 g/mol. The van der Waals surface area contributed by atoms with Crippen LogP contribution in [0.3, 0.4) is 0 Å². The molecular formula is C30H50. The first kappa shape index (κ1) is 26.7. The second kappa shape index (κ2) is 13.2. The average molecular weight is 411 g/mol. The zero-order valence-electron chi connectivity index (χ0n) is 21.7. The Morgan fingerprint density at radius 3 is 1.57 bits per heavy atom. The molecule has 0 aromatic carbocycles. The molecule has 0 N–H and O–H groups in total. The molecule has 1 saturated carbocycles. The molecule has 0 amide bonds. The second-order valence-corrected chi connectivity index (χ2v) is 10.7. The minimum absolute atomic E-state index is 0.508. The van der Waals surface area contributed by atoms with Gasteiger partial charge in [0.1, 0.15) is 0 Å². The first-order valence-corrected chi connectivity index (χ1v) is 12.3. The number of rotatable bonds is 13. The van der Waals surface area contributed by atoms with Crippen LogP contribution in [0.4, 0.5) is 0 Å². The van der Waals surface area contributed by atoms with Gasteiger partial charge in [-0.15, -0.1) is 0 Å². The molecule has 1 aliphatic carbocycles. The SMILES string of the molecule is CC(C)=CCCC(C)=CCCC(C)=CC1C(C)C1(C)CCC=C(C)CCC=C(C)C. The van der Waals surface area contributed by atoms with Crippen LogP contribution in [0.1, 0.15) is 114 Å². The summed E-state index contributed by atoms with van der Waals surface area (Å²) < 4.78 is 0. The van der Waals surface area contributed by atoms with Gasteiger partial charge < -0.3 is 0 Å². The van der Waals surface area contributed by atoms with Crippen molar-refractivity contribution in [3.05, 3.63) is 58.2 Å². The maximum absolute atomic E-state index is 2.60. The van der Waals surface area contributed by atoms with Crippen molar-refractivity contribution < 1.29 is 0 Å². The van der Waals surface area contributed by atoms with Crippen molar-refractivity contribution in [2.24, 2.45) is 17.3 Å². The van der Waals surface area contributed by atoms with Gasteiger partial charge in [0.2, 0.25) is 0 Å². The molecule has 0 heteroatoms. The summed E-state index contributed by atoms with van der Waals surface area (Å²) in [6, 6.07) is 0. The van der Waals surface area contributed by atoms with Crippen molar-refractivity contribution in [1.82, 2.24) is 0 Å². The molecule has 30 heavy (non-hydrogen) atoms. The Morgan fingerprint density at radius 2 is 1.07 bits per heavy atom. The van der Waals surface area contributed by atoms with Crippen molar-refractivity contribution in [2.45, 2.75) is 114 Å².